The monoisotopic (exact) mass is 355 g/mol. The van der Waals surface area contributed by atoms with Gasteiger partial charge in [0.05, 0.1) is 18.8 Å². The number of ether oxygens (including phenoxy) is 1. The second-order valence-electron chi connectivity index (χ2n) is 5.81. The van der Waals surface area contributed by atoms with Crippen LogP contribution in [0.2, 0.25) is 0 Å². The van der Waals surface area contributed by atoms with E-state index in [0.29, 0.717) is 13.2 Å². The van der Waals surface area contributed by atoms with Crippen molar-refractivity contribution in [1.82, 2.24) is 4.90 Å². The lowest BCUT2D eigenvalue weighted by Gasteiger charge is -2.31. The Kier molecular flexibility index (Phi) is 5.72. The molecule has 0 saturated carbocycles. The average molecular weight is 356 g/mol. The minimum Gasteiger partial charge on any atom is -0.478 e. The lowest BCUT2D eigenvalue weighted by molar-refractivity contribution is 0.0182. The summed E-state index contributed by atoms with van der Waals surface area (Å²) in [6.45, 7) is 2.91. The van der Waals surface area contributed by atoms with E-state index < -0.39 is 5.97 Å². The third kappa shape index (κ3) is 4.83. The molecule has 3 rings (SSSR count). The number of alkyl halides is 1. The number of carboxylic acids is 1. The van der Waals surface area contributed by atoms with Gasteiger partial charge in [-0.25, -0.2) is 4.79 Å². The van der Waals surface area contributed by atoms with Crippen LogP contribution in [0.3, 0.4) is 0 Å². The number of rotatable bonds is 3. The Morgan fingerprint density at radius 1 is 1.12 bits per heavy atom. The molecule has 1 aliphatic rings. The summed E-state index contributed by atoms with van der Waals surface area (Å²) in [6.07, 6.45) is 0. The van der Waals surface area contributed by atoms with Crippen LogP contribution >= 0.6 is 11.6 Å². The number of nitrogens with zero attached hydrogens (tertiary/aromatic N) is 1. The zero-order valence-electron chi connectivity index (χ0n) is 13.6. The van der Waals surface area contributed by atoms with Gasteiger partial charge in [0.1, 0.15) is 5.50 Å². The van der Waals surface area contributed by atoms with Crippen LogP contribution in [0.4, 0.5) is 0 Å². The van der Waals surface area contributed by atoms with Crippen LogP contribution in [0.15, 0.2) is 48.5 Å². The molecular weight excluding hydrogens is 338 g/mol. The van der Waals surface area contributed by atoms with Crippen LogP contribution in [-0.2, 0) is 11.3 Å². The highest BCUT2D eigenvalue weighted by Crippen LogP contribution is 2.15. The molecule has 1 aliphatic heterocycles. The lowest BCUT2D eigenvalue weighted by atomic mass is 10.1. The van der Waals surface area contributed by atoms with E-state index in [2.05, 4.69) is 28.9 Å². The average Bonchev–Trinajstić information content (AvgIpc) is 2.63. The van der Waals surface area contributed by atoms with E-state index in [1.54, 1.807) is 24.3 Å². The van der Waals surface area contributed by atoms with Crippen molar-refractivity contribution in [3.63, 3.8) is 0 Å². The van der Waals surface area contributed by atoms with Gasteiger partial charge in [-0.2, -0.15) is 0 Å². The number of carbonyl (C=O) groups is 1. The van der Waals surface area contributed by atoms with Crippen molar-refractivity contribution in [2.24, 2.45) is 0 Å². The third-order valence-electron chi connectivity index (χ3n) is 4.00. The van der Waals surface area contributed by atoms with Crippen molar-refractivity contribution in [2.75, 3.05) is 19.8 Å². The molecule has 0 spiro atoms. The summed E-state index contributed by atoms with van der Waals surface area (Å²) in [5.41, 5.74) is 3.06. The van der Waals surface area contributed by atoms with Gasteiger partial charge in [-0.05, 0) is 42.0 Å². The number of halogens is 1. The van der Waals surface area contributed by atoms with Gasteiger partial charge in [-0.15, -0.1) is 11.6 Å². The quantitative estimate of drug-likeness (QED) is 0.522. The second kappa shape index (κ2) is 8.17. The van der Waals surface area contributed by atoms with Gasteiger partial charge in [-0.1, -0.05) is 24.0 Å². The Bertz CT molecular complexity index is 790. The van der Waals surface area contributed by atoms with E-state index in [-0.39, 0.29) is 11.1 Å². The van der Waals surface area contributed by atoms with E-state index in [1.165, 1.54) is 5.56 Å². The number of benzene rings is 2. The van der Waals surface area contributed by atoms with Gasteiger partial charge in [0.15, 0.2) is 0 Å². The van der Waals surface area contributed by atoms with Crippen molar-refractivity contribution >= 4 is 17.6 Å². The highest BCUT2D eigenvalue weighted by Gasteiger charge is 2.20. The van der Waals surface area contributed by atoms with Gasteiger partial charge < -0.3 is 9.84 Å². The molecule has 2 aromatic rings. The molecule has 1 saturated heterocycles. The van der Waals surface area contributed by atoms with E-state index in [9.17, 15) is 4.79 Å². The molecule has 2 aromatic carbocycles. The number of carboxylic acid groups (broad SMARTS) is 1. The van der Waals surface area contributed by atoms with Crippen LogP contribution in [-0.4, -0.2) is 41.2 Å². The summed E-state index contributed by atoms with van der Waals surface area (Å²) in [5.74, 6) is 5.20. The lowest BCUT2D eigenvalue weighted by Crippen LogP contribution is -2.41. The predicted octanol–water partition coefficient (Wildman–Crippen LogP) is 3.18. The molecule has 0 aliphatic carbocycles. The second-order valence-corrected chi connectivity index (χ2v) is 6.31. The molecule has 0 amide bonds. The van der Waals surface area contributed by atoms with Gasteiger partial charge in [0, 0.05) is 24.2 Å². The molecule has 0 bridgehead atoms. The molecule has 1 heterocycles. The fraction of sp³-hybridized carbons (Fsp3) is 0.250. The first kappa shape index (κ1) is 17.5. The van der Waals surface area contributed by atoms with Crippen LogP contribution in [0.5, 0.6) is 0 Å². The Hall–Kier alpha value is -2.32. The molecule has 0 aromatic heterocycles. The van der Waals surface area contributed by atoms with E-state index in [1.807, 2.05) is 12.1 Å². The van der Waals surface area contributed by atoms with Crippen LogP contribution in [0.1, 0.15) is 27.0 Å². The first-order chi connectivity index (χ1) is 12.1. The number of hydrogen-bond donors (Lipinski definition) is 1. The minimum absolute atomic E-state index is 0.0815. The van der Waals surface area contributed by atoms with E-state index in [0.717, 1.165) is 24.2 Å². The molecule has 0 radical (unpaired) electrons. The molecule has 1 N–H and O–H groups in total. The highest BCUT2D eigenvalue weighted by atomic mass is 35.5. The molecule has 1 atom stereocenters. The molecular formula is C20H18ClNO3. The zero-order chi connectivity index (χ0) is 17.6. The fourth-order valence-corrected chi connectivity index (χ4v) is 2.81. The maximum Gasteiger partial charge on any atom is 0.335 e. The summed E-state index contributed by atoms with van der Waals surface area (Å²) in [4.78, 5) is 13.0. The summed E-state index contributed by atoms with van der Waals surface area (Å²) >= 11 is 6.25. The topological polar surface area (TPSA) is 49.8 Å². The molecule has 128 valence electrons. The Balaban J connectivity index is 1.64. The van der Waals surface area contributed by atoms with Crippen molar-refractivity contribution < 1.29 is 14.6 Å². The van der Waals surface area contributed by atoms with Gasteiger partial charge >= 0.3 is 5.97 Å². The minimum atomic E-state index is -0.936. The maximum atomic E-state index is 10.8. The molecule has 1 fully saturated rings. The van der Waals surface area contributed by atoms with Crippen molar-refractivity contribution in [1.29, 1.82) is 0 Å². The van der Waals surface area contributed by atoms with E-state index in [4.69, 9.17) is 21.4 Å². The largest absolute Gasteiger partial charge is 0.478 e. The first-order valence-electron chi connectivity index (χ1n) is 8.02. The van der Waals surface area contributed by atoms with Crippen LogP contribution in [0, 0.1) is 11.8 Å². The van der Waals surface area contributed by atoms with Gasteiger partial charge in [0.25, 0.3) is 0 Å². The van der Waals surface area contributed by atoms with Gasteiger partial charge in [-0.3, -0.25) is 4.90 Å². The molecule has 25 heavy (non-hydrogen) atoms. The predicted molar refractivity (Wildman–Crippen MR) is 96.7 cm³/mol. The first-order valence-corrected chi connectivity index (χ1v) is 8.45. The smallest absolute Gasteiger partial charge is 0.335 e. The van der Waals surface area contributed by atoms with Gasteiger partial charge in [0.2, 0.25) is 0 Å². The Morgan fingerprint density at radius 2 is 1.72 bits per heavy atom. The summed E-state index contributed by atoms with van der Waals surface area (Å²) in [7, 11) is 0. The summed E-state index contributed by atoms with van der Waals surface area (Å²) in [5, 5.41) is 8.89. The summed E-state index contributed by atoms with van der Waals surface area (Å²) < 4.78 is 5.34. The maximum absolute atomic E-state index is 10.8. The fourth-order valence-electron chi connectivity index (χ4n) is 2.55. The Labute approximate surface area is 152 Å². The van der Waals surface area contributed by atoms with Crippen molar-refractivity contribution in [3.8, 4) is 11.8 Å². The zero-order valence-corrected chi connectivity index (χ0v) is 14.4. The number of hydrogen-bond acceptors (Lipinski definition) is 3. The standard InChI is InChI=1S/C20H18ClNO3/c21-19-14-25-12-11-22(19)13-17-5-3-15(4-6-17)1-2-16-7-9-18(10-8-16)20(23)24/h3-10,19H,11-14H2,(H,23,24). The number of morpholine rings is 1. The molecule has 4 nitrogen and oxygen atoms in total. The van der Waals surface area contributed by atoms with E-state index >= 15 is 0 Å². The van der Waals surface area contributed by atoms with Crippen LogP contribution in [0.25, 0.3) is 0 Å². The van der Waals surface area contributed by atoms with Crippen LogP contribution < -0.4 is 0 Å². The van der Waals surface area contributed by atoms with Crippen molar-refractivity contribution in [3.05, 3.63) is 70.8 Å². The third-order valence-corrected chi connectivity index (χ3v) is 4.40. The molecule has 1 unspecified atom stereocenters. The normalized spacial score (nSPS) is 17.6. The Morgan fingerprint density at radius 3 is 2.28 bits per heavy atom. The SMILES string of the molecule is O=C(O)c1ccc(C#Cc2ccc(CN3CCOCC3Cl)cc2)cc1. The summed E-state index contributed by atoms with van der Waals surface area (Å²) in [6, 6.07) is 14.6. The highest BCUT2D eigenvalue weighted by molar-refractivity contribution is 6.20. The number of aromatic carboxylic acids is 1. The van der Waals surface area contributed by atoms with Crippen molar-refractivity contribution in [2.45, 2.75) is 12.0 Å². The molecule has 5 heteroatoms.